The van der Waals surface area contributed by atoms with Gasteiger partial charge in [0, 0.05) is 19.6 Å². The maximum absolute atomic E-state index is 12.9. The molecule has 1 heterocycles. The highest BCUT2D eigenvalue weighted by Gasteiger charge is 2.37. The van der Waals surface area contributed by atoms with E-state index in [4.69, 9.17) is 9.94 Å². The third-order valence-electron chi connectivity index (χ3n) is 4.69. The van der Waals surface area contributed by atoms with E-state index in [0.717, 1.165) is 15.4 Å². The minimum absolute atomic E-state index is 0.0633. The Bertz CT molecular complexity index is 931. The van der Waals surface area contributed by atoms with Gasteiger partial charge >= 0.3 is 0 Å². The highest BCUT2D eigenvalue weighted by atomic mass is 32.2. The molecule has 28 heavy (non-hydrogen) atoms. The van der Waals surface area contributed by atoms with Gasteiger partial charge in [0.05, 0.1) is 4.90 Å². The lowest BCUT2D eigenvalue weighted by molar-refractivity contribution is -0.133. The summed E-state index contributed by atoms with van der Waals surface area (Å²) >= 11 is 0. The molecule has 0 spiro atoms. The highest BCUT2D eigenvalue weighted by molar-refractivity contribution is 7.89. The number of carbonyl (C=O) groups is 1. The Kier molecular flexibility index (Phi) is 6.30. The van der Waals surface area contributed by atoms with Crippen LogP contribution in [0.15, 0.2) is 53.4 Å². The number of nitrogens with zero attached hydrogens (tertiary/aromatic N) is 1. The van der Waals surface area contributed by atoms with E-state index in [0.29, 0.717) is 18.9 Å². The van der Waals surface area contributed by atoms with Crippen LogP contribution in [0.5, 0.6) is 5.75 Å². The number of carbonyl (C=O) groups excluding carboxylic acids is 1. The maximum atomic E-state index is 12.9. The fourth-order valence-electron chi connectivity index (χ4n) is 3.05. The second-order valence-electron chi connectivity index (χ2n) is 6.50. The van der Waals surface area contributed by atoms with Gasteiger partial charge in [-0.2, -0.15) is 4.31 Å². The molecule has 8 nitrogen and oxygen atoms in total. The van der Waals surface area contributed by atoms with Crippen molar-refractivity contribution in [1.82, 2.24) is 15.1 Å². The molecule has 1 aliphatic heterocycles. The minimum atomic E-state index is -3.89. The number of piperazine rings is 1. The van der Waals surface area contributed by atoms with E-state index in [1.165, 1.54) is 17.6 Å². The van der Waals surface area contributed by atoms with Crippen molar-refractivity contribution in [3.63, 3.8) is 0 Å². The SMILES string of the molecule is Cc1ccccc1COc1ccc(S(=O)(=O)N2CCNCC2C(=O)NO)cc1. The molecule has 3 N–H and O–H groups in total. The van der Waals surface area contributed by atoms with Crippen molar-refractivity contribution in [1.29, 1.82) is 0 Å². The second-order valence-corrected chi connectivity index (χ2v) is 8.39. The molecule has 1 fully saturated rings. The van der Waals surface area contributed by atoms with E-state index in [1.807, 2.05) is 31.2 Å². The van der Waals surface area contributed by atoms with E-state index < -0.39 is 22.0 Å². The average molecular weight is 405 g/mol. The van der Waals surface area contributed by atoms with Crippen molar-refractivity contribution in [2.75, 3.05) is 19.6 Å². The van der Waals surface area contributed by atoms with Crippen molar-refractivity contribution >= 4 is 15.9 Å². The van der Waals surface area contributed by atoms with Crippen molar-refractivity contribution in [3.8, 4) is 5.75 Å². The number of sulfonamides is 1. The molecule has 3 rings (SSSR count). The summed E-state index contributed by atoms with van der Waals surface area (Å²) in [6, 6.07) is 13.0. The Labute approximate surface area is 164 Å². The number of hydroxylamine groups is 1. The first-order valence-electron chi connectivity index (χ1n) is 8.87. The largest absolute Gasteiger partial charge is 0.489 e. The monoisotopic (exact) mass is 405 g/mol. The molecule has 0 aromatic heterocycles. The fourth-order valence-corrected chi connectivity index (χ4v) is 4.64. The Morgan fingerprint density at radius 2 is 1.96 bits per heavy atom. The van der Waals surface area contributed by atoms with Crippen molar-refractivity contribution in [2.24, 2.45) is 0 Å². The first-order chi connectivity index (χ1) is 13.4. The molecule has 2 aromatic rings. The van der Waals surface area contributed by atoms with Crippen LogP contribution in [0, 0.1) is 6.92 Å². The Hall–Kier alpha value is -2.46. The van der Waals surface area contributed by atoms with Gasteiger partial charge in [-0.25, -0.2) is 13.9 Å². The molecule has 1 aliphatic rings. The number of hydrogen-bond donors (Lipinski definition) is 3. The predicted molar refractivity (Wildman–Crippen MR) is 102 cm³/mol. The van der Waals surface area contributed by atoms with E-state index in [2.05, 4.69) is 5.32 Å². The summed E-state index contributed by atoms with van der Waals surface area (Å²) < 4.78 is 32.7. The normalized spacial score (nSPS) is 17.9. The third-order valence-corrected chi connectivity index (χ3v) is 6.62. The number of amides is 1. The molecule has 9 heteroatoms. The average Bonchev–Trinajstić information content (AvgIpc) is 2.73. The summed E-state index contributed by atoms with van der Waals surface area (Å²) in [6.45, 7) is 3.07. The zero-order valence-electron chi connectivity index (χ0n) is 15.5. The van der Waals surface area contributed by atoms with Crippen molar-refractivity contribution in [3.05, 3.63) is 59.7 Å². The fraction of sp³-hybridized carbons (Fsp3) is 0.316. The van der Waals surface area contributed by atoms with E-state index in [1.54, 1.807) is 12.1 Å². The zero-order chi connectivity index (χ0) is 20.1. The van der Waals surface area contributed by atoms with Gasteiger partial charge in [-0.05, 0) is 42.3 Å². The van der Waals surface area contributed by atoms with Crippen LogP contribution in [0.1, 0.15) is 11.1 Å². The smallest absolute Gasteiger partial charge is 0.263 e. The van der Waals surface area contributed by atoms with Crippen LogP contribution in [0.25, 0.3) is 0 Å². The second kappa shape index (κ2) is 8.70. The third kappa shape index (κ3) is 4.33. The quantitative estimate of drug-likeness (QED) is 0.490. The van der Waals surface area contributed by atoms with Gasteiger partial charge in [-0.3, -0.25) is 10.0 Å². The van der Waals surface area contributed by atoms with E-state index in [9.17, 15) is 13.2 Å². The Morgan fingerprint density at radius 3 is 2.64 bits per heavy atom. The van der Waals surface area contributed by atoms with Crippen LogP contribution in [0.4, 0.5) is 0 Å². The standard InChI is InChI=1S/C19H23N3O5S/c1-14-4-2-3-5-15(14)13-27-16-6-8-17(9-7-16)28(25,26)22-11-10-20-12-18(22)19(23)21-24/h2-9,18,20,24H,10-13H2,1H3,(H,21,23). The summed E-state index contributed by atoms with van der Waals surface area (Å²) in [7, 11) is -3.89. The minimum Gasteiger partial charge on any atom is -0.489 e. The van der Waals surface area contributed by atoms with Crippen LogP contribution >= 0.6 is 0 Å². The van der Waals surface area contributed by atoms with Crippen LogP contribution in [-0.2, 0) is 21.4 Å². The topological polar surface area (TPSA) is 108 Å². The van der Waals surface area contributed by atoms with Gasteiger partial charge in [-0.15, -0.1) is 0 Å². The molecule has 1 amide bonds. The summed E-state index contributed by atoms with van der Waals surface area (Å²) in [5.41, 5.74) is 3.70. The molecule has 2 aromatic carbocycles. The van der Waals surface area contributed by atoms with E-state index >= 15 is 0 Å². The summed E-state index contributed by atoms with van der Waals surface area (Å²) in [6.07, 6.45) is 0. The molecule has 0 aliphatic carbocycles. The molecular formula is C19H23N3O5S. The predicted octanol–water partition coefficient (Wildman–Crippen LogP) is 1.04. The summed E-state index contributed by atoms with van der Waals surface area (Å²) in [5, 5.41) is 11.8. The molecule has 1 atom stereocenters. The van der Waals surface area contributed by atoms with Gasteiger partial charge in [0.25, 0.3) is 5.91 Å². The molecule has 0 bridgehead atoms. The van der Waals surface area contributed by atoms with E-state index in [-0.39, 0.29) is 18.0 Å². The van der Waals surface area contributed by atoms with Crippen LogP contribution in [0.2, 0.25) is 0 Å². The first kappa shape index (κ1) is 20.3. The number of rotatable bonds is 6. The van der Waals surface area contributed by atoms with Crippen LogP contribution < -0.4 is 15.5 Å². The summed E-state index contributed by atoms with van der Waals surface area (Å²) in [5.74, 6) is -0.221. The van der Waals surface area contributed by atoms with Crippen molar-refractivity contribution in [2.45, 2.75) is 24.5 Å². The van der Waals surface area contributed by atoms with Crippen LogP contribution in [-0.4, -0.2) is 49.5 Å². The Balaban J connectivity index is 1.74. The number of nitrogens with one attached hydrogen (secondary N) is 2. The highest BCUT2D eigenvalue weighted by Crippen LogP contribution is 2.23. The zero-order valence-corrected chi connectivity index (χ0v) is 16.3. The first-order valence-corrected chi connectivity index (χ1v) is 10.3. The number of benzene rings is 2. The van der Waals surface area contributed by atoms with Crippen molar-refractivity contribution < 1.29 is 23.2 Å². The van der Waals surface area contributed by atoms with Gasteiger partial charge in [0.1, 0.15) is 18.4 Å². The molecule has 0 saturated carbocycles. The maximum Gasteiger partial charge on any atom is 0.263 e. The van der Waals surface area contributed by atoms with Crippen LogP contribution in [0.3, 0.4) is 0 Å². The molecule has 1 saturated heterocycles. The van der Waals surface area contributed by atoms with Gasteiger partial charge < -0.3 is 10.1 Å². The molecule has 1 unspecified atom stereocenters. The van der Waals surface area contributed by atoms with Gasteiger partial charge in [0.2, 0.25) is 10.0 Å². The lowest BCUT2D eigenvalue weighted by Crippen LogP contribution is -2.59. The number of hydrogen-bond acceptors (Lipinski definition) is 6. The lowest BCUT2D eigenvalue weighted by Gasteiger charge is -2.33. The van der Waals surface area contributed by atoms with Gasteiger partial charge in [-0.1, -0.05) is 24.3 Å². The summed E-state index contributed by atoms with van der Waals surface area (Å²) in [4.78, 5) is 11.9. The van der Waals surface area contributed by atoms with Gasteiger partial charge in [0.15, 0.2) is 0 Å². The number of aryl methyl sites for hydroxylation is 1. The number of ether oxygens (including phenoxy) is 1. The lowest BCUT2D eigenvalue weighted by atomic mass is 10.1. The molecule has 0 radical (unpaired) electrons. The molecular weight excluding hydrogens is 382 g/mol. The Morgan fingerprint density at radius 1 is 1.25 bits per heavy atom. The molecule has 150 valence electrons.